The predicted molar refractivity (Wildman–Crippen MR) is 104 cm³/mol. The van der Waals surface area contributed by atoms with Crippen molar-refractivity contribution in [1.82, 2.24) is 15.0 Å². The van der Waals surface area contributed by atoms with Crippen LogP contribution >= 0.6 is 0 Å². The maximum atomic E-state index is 14.4. The van der Waals surface area contributed by atoms with Gasteiger partial charge < -0.3 is 16.0 Å². The SMILES string of the molecule is C=CNc1ncnc(NCC)c1CC(=O)c1ccc(NC2CC(F)(F)C2)nc1F. The van der Waals surface area contributed by atoms with Gasteiger partial charge in [-0.25, -0.2) is 23.7 Å². The second-order valence-electron chi connectivity index (χ2n) is 6.67. The number of Topliss-reactive ketones (excluding diaryl/α,β-unsaturated/α-hetero) is 1. The van der Waals surface area contributed by atoms with E-state index in [2.05, 4.69) is 37.5 Å². The summed E-state index contributed by atoms with van der Waals surface area (Å²) in [5.41, 5.74) is 0.267. The van der Waals surface area contributed by atoms with Crippen molar-refractivity contribution in [3.63, 3.8) is 0 Å². The number of anilines is 3. The lowest BCUT2D eigenvalue weighted by atomic mass is 9.88. The molecule has 3 N–H and O–H groups in total. The zero-order valence-corrected chi connectivity index (χ0v) is 15.8. The van der Waals surface area contributed by atoms with Crippen molar-refractivity contribution in [2.45, 2.75) is 38.2 Å². The quantitative estimate of drug-likeness (QED) is 0.433. The summed E-state index contributed by atoms with van der Waals surface area (Å²) in [6, 6.07) is 2.24. The van der Waals surface area contributed by atoms with Crippen LogP contribution in [0.2, 0.25) is 0 Å². The standard InChI is InChI=1S/C19H21F3N6O/c1-3-23-17-13(18(24-4-2)26-10-25-17)7-14(29)12-5-6-15(28-16(12)20)27-11-8-19(21,22)9-11/h3,5-6,10-11H,1,4,7-9H2,2H3,(H,27,28)(H2,23,24,25,26). The largest absolute Gasteiger partial charge is 0.370 e. The third-order valence-corrected chi connectivity index (χ3v) is 4.46. The van der Waals surface area contributed by atoms with Crippen molar-refractivity contribution < 1.29 is 18.0 Å². The van der Waals surface area contributed by atoms with E-state index in [4.69, 9.17) is 0 Å². The van der Waals surface area contributed by atoms with Crippen LogP contribution in [0.25, 0.3) is 0 Å². The number of hydrogen-bond donors (Lipinski definition) is 3. The van der Waals surface area contributed by atoms with Gasteiger partial charge in [0.2, 0.25) is 5.95 Å². The number of carbonyl (C=O) groups excluding carboxylic acids is 1. The van der Waals surface area contributed by atoms with Crippen LogP contribution in [0.1, 0.15) is 35.7 Å². The highest BCUT2D eigenvalue weighted by Gasteiger charge is 2.45. The first-order valence-corrected chi connectivity index (χ1v) is 9.12. The fraction of sp³-hybridized carbons (Fsp3) is 0.368. The molecule has 154 valence electrons. The van der Waals surface area contributed by atoms with Crippen LogP contribution in [0.5, 0.6) is 0 Å². The van der Waals surface area contributed by atoms with Crippen LogP contribution in [0.3, 0.4) is 0 Å². The van der Waals surface area contributed by atoms with Gasteiger partial charge in [-0.05, 0) is 25.3 Å². The minimum absolute atomic E-state index is 0.116. The highest BCUT2D eigenvalue weighted by molar-refractivity contribution is 5.99. The third kappa shape index (κ3) is 4.82. The lowest BCUT2D eigenvalue weighted by molar-refractivity contribution is -0.0794. The van der Waals surface area contributed by atoms with E-state index in [1.54, 1.807) is 0 Å². The van der Waals surface area contributed by atoms with Crippen LogP contribution < -0.4 is 16.0 Å². The lowest BCUT2D eigenvalue weighted by Gasteiger charge is -2.35. The van der Waals surface area contributed by atoms with E-state index in [0.29, 0.717) is 23.7 Å². The molecular formula is C19H21F3N6O. The molecule has 7 nitrogen and oxygen atoms in total. The molecule has 2 aromatic rings. The number of nitrogens with zero attached hydrogens (tertiary/aromatic N) is 3. The Hall–Kier alpha value is -3.17. The molecule has 1 aliphatic rings. The average Bonchev–Trinajstić information content (AvgIpc) is 2.63. The van der Waals surface area contributed by atoms with Gasteiger partial charge >= 0.3 is 0 Å². The van der Waals surface area contributed by atoms with Crippen molar-refractivity contribution in [2.24, 2.45) is 0 Å². The average molecular weight is 406 g/mol. The van der Waals surface area contributed by atoms with E-state index in [1.807, 2.05) is 6.92 Å². The van der Waals surface area contributed by atoms with Crippen molar-refractivity contribution in [3.05, 3.63) is 48.3 Å². The zero-order valence-electron chi connectivity index (χ0n) is 15.8. The molecule has 0 spiro atoms. The summed E-state index contributed by atoms with van der Waals surface area (Å²) < 4.78 is 40.3. The Labute approximate surface area is 165 Å². The Bertz CT molecular complexity index is 913. The Morgan fingerprint density at radius 3 is 2.66 bits per heavy atom. The number of hydrogen-bond acceptors (Lipinski definition) is 7. The summed E-state index contributed by atoms with van der Waals surface area (Å²) in [5, 5.41) is 8.62. The first-order chi connectivity index (χ1) is 13.8. The van der Waals surface area contributed by atoms with Gasteiger partial charge in [0.15, 0.2) is 5.78 Å². The van der Waals surface area contributed by atoms with Crippen molar-refractivity contribution >= 4 is 23.2 Å². The first kappa shape index (κ1) is 20.6. The normalized spacial score (nSPS) is 15.3. The number of halogens is 3. The number of nitrogens with one attached hydrogen (secondary N) is 3. The molecule has 10 heteroatoms. The summed E-state index contributed by atoms with van der Waals surface area (Å²) in [4.78, 5) is 24.6. The molecule has 1 fully saturated rings. The summed E-state index contributed by atoms with van der Waals surface area (Å²) in [5.74, 6) is -3.21. The minimum Gasteiger partial charge on any atom is -0.370 e. The highest BCUT2D eigenvalue weighted by Crippen LogP contribution is 2.38. The Balaban J connectivity index is 1.76. The smallest absolute Gasteiger partial charge is 0.252 e. The monoisotopic (exact) mass is 406 g/mol. The van der Waals surface area contributed by atoms with Gasteiger partial charge in [0.25, 0.3) is 5.92 Å². The summed E-state index contributed by atoms with van der Waals surface area (Å²) in [7, 11) is 0. The van der Waals surface area contributed by atoms with Gasteiger partial charge in [-0.15, -0.1) is 0 Å². The van der Waals surface area contributed by atoms with Crippen LogP contribution in [0.4, 0.5) is 30.6 Å². The molecule has 3 rings (SSSR count). The molecule has 0 bridgehead atoms. The summed E-state index contributed by atoms with van der Waals surface area (Å²) in [6.45, 7) is 6.03. The third-order valence-electron chi connectivity index (χ3n) is 4.46. The second-order valence-corrected chi connectivity index (χ2v) is 6.67. The second kappa shape index (κ2) is 8.46. The van der Waals surface area contributed by atoms with E-state index in [-0.39, 0.29) is 30.6 Å². The number of pyridine rings is 1. The molecular weight excluding hydrogens is 385 g/mol. The maximum Gasteiger partial charge on any atom is 0.252 e. The lowest BCUT2D eigenvalue weighted by Crippen LogP contribution is -2.44. The summed E-state index contributed by atoms with van der Waals surface area (Å²) >= 11 is 0. The fourth-order valence-electron chi connectivity index (χ4n) is 3.07. The number of rotatable bonds is 9. The molecule has 29 heavy (non-hydrogen) atoms. The predicted octanol–water partition coefficient (Wildman–Crippen LogP) is 3.63. The fourth-order valence-corrected chi connectivity index (χ4v) is 3.07. The molecule has 0 atom stereocenters. The van der Waals surface area contributed by atoms with Crippen LogP contribution in [-0.4, -0.2) is 39.2 Å². The van der Waals surface area contributed by atoms with Crippen molar-refractivity contribution in [2.75, 3.05) is 22.5 Å². The van der Waals surface area contributed by atoms with Crippen LogP contribution in [-0.2, 0) is 6.42 Å². The van der Waals surface area contributed by atoms with E-state index < -0.39 is 23.7 Å². The number of alkyl halides is 2. The Morgan fingerprint density at radius 2 is 2.03 bits per heavy atom. The minimum atomic E-state index is -2.69. The van der Waals surface area contributed by atoms with Gasteiger partial charge in [-0.3, -0.25) is 4.79 Å². The van der Waals surface area contributed by atoms with E-state index in [0.717, 1.165) is 0 Å². The van der Waals surface area contributed by atoms with Crippen LogP contribution in [0, 0.1) is 5.95 Å². The van der Waals surface area contributed by atoms with Gasteiger partial charge in [-0.2, -0.15) is 4.39 Å². The first-order valence-electron chi connectivity index (χ1n) is 9.12. The number of carbonyl (C=O) groups is 1. The molecule has 0 aliphatic heterocycles. The maximum absolute atomic E-state index is 14.4. The molecule has 2 aromatic heterocycles. The van der Waals surface area contributed by atoms with Crippen molar-refractivity contribution in [3.8, 4) is 0 Å². The number of ketones is 1. The molecule has 2 heterocycles. The molecule has 0 radical (unpaired) electrons. The highest BCUT2D eigenvalue weighted by atomic mass is 19.3. The molecule has 0 saturated heterocycles. The van der Waals surface area contributed by atoms with Crippen LogP contribution in [0.15, 0.2) is 31.2 Å². The molecule has 1 aliphatic carbocycles. The molecule has 0 unspecified atom stereocenters. The van der Waals surface area contributed by atoms with E-state index in [1.165, 1.54) is 24.7 Å². The number of aromatic nitrogens is 3. The summed E-state index contributed by atoms with van der Waals surface area (Å²) in [6.07, 6.45) is 1.94. The topological polar surface area (TPSA) is 91.8 Å². The molecule has 0 aromatic carbocycles. The van der Waals surface area contributed by atoms with Gasteiger partial charge in [0.05, 0.1) is 5.56 Å². The van der Waals surface area contributed by atoms with Gasteiger partial charge in [-0.1, -0.05) is 6.58 Å². The van der Waals surface area contributed by atoms with E-state index >= 15 is 0 Å². The Kier molecular flexibility index (Phi) is 6.00. The zero-order chi connectivity index (χ0) is 21.0. The molecule has 1 saturated carbocycles. The van der Waals surface area contributed by atoms with Crippen molar-refractivity contribution in [1.29, 1.82) is 0 Å². The Morgan fingerprint density at radius 1 is 1.31 bits per heavy atom. The van der Waals surface area contributed by atoms with E-state index in [9.17, 15) is 18.0 Å². The molecule has 0 amide bonds. The van der Waals surface area contributed by atoms with Gasteiger partial charge in [0.1, 0.15) is 23.8 Å². The van der Waals surface area contributed by atoms with Gasteiger partial charge in [0, 0.05) is 37.4 Å².